The number of H-pyrrole nitrogens is 1. The largest absolute Gasteiger partial charge is 0.497 e. The fourth-order valence-electron chi connectivity index (χ4n) is 1.69. The molecule has 2 rings (SSSR count). The number of carbonyl (C=O) groups is 1. The average molecular weight is 286 g/mol. The van der Waals surface area contributed by atoms with Crippen molar-refractivity contribution in [3.05, 3.63) is 47.3 Å². The fourth-order valence-corrected chi connectivity index (χ4v) is 1.69. The summed E-state index contributed by atoms with van der Waals surface area (Å²) in [5.74, 6) is 0.677. The molecule has 0 saturated carbocycles. The number of amides is 1. The molecule has 110 valence electrons. The van der Waals surface area contributed by atoms with Crippen molar-refractivity contribution in [3.8, 4) is 5.75 Å². The molecule has 0 aliphatic rings. The molecule has 6 nitrogen and oxygen atoms in total. The number of nitrogens with zero attached hydrogens (tertiary/aromatic N) is 2. The first-order valence-electron chi connectivity index (χ1n) is 6.63. The van der Waals surface area contributed by atoms with Crippen molar-refractivity contribution in [2.24, 2.45) is 5.10 Å². The molecule has 6 heteroatoms. The Labute approximate surface area is 123 Å². The number of hydrogen-bond acceptors (Lipinski definition) is 4. The Morgan fingerprint density at radius 2 is 2.24 bits per heavy atom. The second-order valence-electron chi connectivity index (χ2n) is 4.84. The number of aromatic nitrogens is 2. The van der Waals surface area contributed by atoms with E-state index in [1.807, 2.05) is 38.1 Å². The van der Waals surface area contributed by atoms with Gasteiger partial charge in [0, 0.05) is 5.69 Å². The third-order valence-corrected chi connectivity index (χ3v) is 2.93. The molecule has 0 unspecified atom stereocenters. The van der Waals surface area contributed by atoms with Gasteiger partial charge in [-0.2, -0.15) is 10.2 Å². The number of rotatable bonds is 5. The standard InChI is InChI=1S/C15H18N4O2/c1-10(2)13-8-14(18-17-13)15(20)19-16-9-11-5-4-6-12(7-11)21-3/h4-10H,1-3H3,(H,17,18)(H,19,20)/b16-9-. The minimum atomic E-state index is -0.350. The SMILES string of the molecule is COc1cccc(/C=N\NC(=O)c2cc(C(C)C)[nH]n2)c1. The highest BCUT2D eigenvalue weighted by atomic mass is 16.5. The van der Waals surface area contributed by atoms with Gasteiger partial charge in [0.1, 0.15) is 5.75 Å². The number of nitrogens with one attached hydrogen (secondary N) is 2. The molecule has 0 saturated heterocycles. The van der Waals surface area contributed by atoms with Crippen LogP contribution in [0.5, 0.6) is 5.75 Å². The maximum absolute atomic E-state index is 11.9. The van der Waals surface area contributed by atoms with E-state index in [0.717, 1.165) is 17.0 Å². The molecule has 0 aliphatic heterocycles. The number of methoxy groups -OCH3 is 1. The lowest BCUT2D eigenvalue weighted by atomic mass is 10.1. The van der Waals surface area contributed by atoms with E-state index in [9.17, 15) is 4.79 Å². The zero-order chi connectivity index (χ0) is 15.2. The van der Waals surface area contributed by atoms with Crippen LogP contribution >= 0.6 is 0 Å². The van der Waals surface area contributed by atoms with E-state index in [-0.39, 0.29) is 5.91 Å². The van der Waals surface area contributed by atoms with Crippen LogP contribution in [-0.2, 0) is 0 Å². The van der Waals surface area contributed by atoms with Crippen LogP contribution in [0.4, 0.5) is 0 Å². The number of ether oxygens (including phenoxy) is 1. The number of benzene rings is 1. The zero-order valence-corrected chi connectivity index (χ0v) is 12.3. The van der Waals surface area contributed by atoms with E-state index in [0.29, 0.717) is 11.6 Å². The predicted octanol–water partition coefficient (Wildman–Crippen LogP) is 2.31. The maximum Gasteiger partial charge on any atom is 0.291 e. The normalized spacial score (nSPS) is 11.0. The molecule has 2 N–H and O–H groups in total. The van der Waals surface area contributed by atoms with Gasteiger partial charge in [0.25, 0.3) is 5.91 Å². The Morgan fingerprint density at radius 3 is 2.90 bits per heavy atom. The molecule has 21 heavy (non-hydrogen) atoms. The Hall–Kier alpha value is -2.63. The summed E-state index contributed by atoms with van der Waals surface area (Å²) in [4.78, 5) is 11.9. The van der Waals surface area contributed by atoms with Crippen LogP contribution in [0.15, 0.2) is 35.4 Å². The number of aromatic amines is 1. The monoisotopic (exact) mass is 286 g/mol. The first kappa shape index (κ1) is 14.8. The highest BCUT2D eigenvalue weighted by molar-refractivity contribution is 5.93. The summed E-state index contributed by atoms with van der Waals surface area (Å²) in [6, 6.07) is 9.10. The summed E-state index contributed by atoms with van der Waals surface area (Å²) >= 11 is 0. The Balaban J connectivity index is 1.97. The van der Waals surface area contributed by atoms with E-state index >= 15 is 0 Å². The molecule has 2 aromatic rings. The van der Waals surface area contributed by atoms with Crippen LogP contribution in [0.2, 0.25) is 0 Å². The van der Waals surface area contributed by atoms with Gasteiger partial charge in [-0.25, -0.2) is 5.43 Å². The fraction of sp³-hybridized carbons (Fsp3) is 0.267. The van der Waals surface area contributed by atoms with Crippen LogP contribution in [0.1, 0.15) is 41.5 Å². The first-order valence-corrected chi connectivity index (χ1v) is 6.63. The second kappa shape index (κ2) is 6.69. The summed E-state index contributed by atoms with van der Waals surface area (Å²) in [7, 11) is 1.60. The van der Waals surface area contributed by atoms with Gasteiger partial charge >= 0.3 is 0 Å². The topological polar surface area (TPSA) is 79.4 Å². The molecule has 0 atom stereocenters. The smallest absolute Gasteiger partial charge is 0.291 e. The summed E-state index contributed by atoms with van der Waals surface area (Å²) < 4.78 is 5.11. The van der Waals surface area contributed by atoms with Crippen molar-refractivity contribution >= 4 is 12.1 Å². The van der Waals surface area contributed by atoms with E-state index in [4.69, 9.17) is 4.74 Å². The molecule has 0 spiro atoms. The van der Waals surface area contributed by atoms with Crippen molar-refractivity contribution in [1.29, 1.82) is 0 Å². The van der Waals surface area contributed by atoms with Gasteiger partial charge in [-0.15, -0.1) is 0 Å². The molecular formula is C15H18N4O2. The van der Waals surface area contributed by atoms with Gasteiger partial charge in [0.05, 0.1) is 13.3 Å². The Kier molecular flexibility index (Phi) is 4.71. The van der Waals surface area contributed by atoms with Crippen LogP contribution in [0.3, 0.4) is 0 Å². The molecule has 0 bridgehead atoms. The molecule has 0 radical (unpaired) electrons. The van der Waals surface area contributed by atoms with Gasteiger partial charge in [-0.05, 0) is 29.7 Å². The molecule has 1 amide bonds. The van der Waals surface area contributed by atoms with Gasteiger partial charge in [-0.3, -0.25) is 9.89 Å². The molecule has 0 fully saturated rings. The minimum Gasteiger partial charge on any atom is -0.497 e. The number of hydrogen-bond donors (Lipinski definition) is 2. The van der Waals surface area contributed by atoms with Gasteiger partial charge in [0.15, 0.2) is 5.69 Å². The highest BCUT2D eigenvalue weighted by Gasteiger charge is 2.11. The lowest BCUT2D eigenvalue weighted by Gasteiger charge is -2.00. The molecule has 1 aromatic carbocycles. The lowest BCUT2D eigenvalue weighted by Crippen LogP contribution is -2.18. The second-order valence-corrected chi connectivity index (χ2v) is 4.84. The van der Waals surface area contributed by atoms with E-state index in [2.05, 4.69) is 20.7 Å². The third-order valence-electron chi connectivity index (χ3n) is 2.93. The van der Waals surface area contributed by atoms with E-state index in [1.54, 1.807) is 19.4 Å². The predicted molar refractivity (Wildman–Crippen MR) is 80.7 cm³/mol. The van der Waals surface area contributed by atoms with Gasteiger partial charge < -0.3 is 4.74 Å². The van der Waals surface area contributed by atoms with Crippen LogP contribution in [-0.4, -0.2) is 29.4 Å². The van der Waals surface area contributed by atoms with Crippen LogP contribution in [0.25, 0.3) is 0 Å². The van der Waals surface area contributed by atoms with Crippen molar-refractivity contribution in [1.82, 2.24) is 15.6 Å². The van der Waals surface area contributed by atoms with Crippen molar-refractivity contribution < 1.29 is 9.53 Å². The van der Waals surface area contributed by atoms with Crippen molar-refractivity contribution in [2.45, 2.75) is 19.8 Å². The zero-order valence-electron chi connectivity index (χ0n) is 12.3. The number of hydrazone groups is 1. The Bertz CT molecular complexity index is 647. The quantitative estimate of drug-likeness (QED) is 0.654. The lowest BCUT2D eigenvalue weighted by molar-refractivity contribution is 0.0950. The van der Waals surface area contributed by atoms with Crippen molar-refractivity contribution in [3.63, 3.8) is 0 Å². The minimum absolute atomic E-state index is 0.291. The Morgan fingerprint density at radius 1 is 1.43 bits per heavy atom. The molecule has 0 aliphatic carbocycles. The van der Waals surface area contributed by atoms with E-state index < -0.39 is 0 Å². The van der Waals surface area contributed by atoms with E-state index in [1.165, 1.54) is 0 Å². The summed E-state index contributed by atoms with van der Waals surface area (Å²) in [6.45, 7) is 4.05. The van der Waals surface area contributed by atoms with Crippen molar-refractivity contribution in [2.75, 3.05) is 7.11 Å². The van der Waals surface area contributed by atoms with Crippen LogP contribution in [0, 0.1) is 0 Å². The molecule has 1 heterocycles. The van der Waals surface area contributed by atoms with Crippen LogP contribution < -0.4 is 10.2 Å². The summed E-state index contributed by atoms with van der Waals surface area (Å²) in [6.07, 6.45) is 1.55. The van der Waals surface area contributed by atoms with Gasteiger partial charge in [0.2, 0.25) is 0 Å². The third kappa shape index (κ3) is 3.92. The first-order chi connectivity index (χ1) is 10.1. The molecular weight excluding hydrogens is 268 g/mol. The summed E-state index contributed by atoms with van der Waals surface area (Å²) in [5, 5.41) is 10.7. The average Bonchev–Trinajstić information content (AvgIpc) is 2.97. The molecule has 1 aromatic heterocycles. The summed E-state index contributed by atoms with van der Waals surface area (Å²) in [5.41, 5.74) is 4.51. The highest BCUT2D eigenvalue weighted by Crippen LogP contribution is 2.12. The van der Waals surface area contributed by atoms with Gasteiger partial charge in [-0.1, -0.05) is 26.0 Å². The maximum atomic E-state index is 11.9. The number of carbonyl (C=O) groups excluding carboxylic acids is 1.